The molecule has 1 fully saturated rings. The van der Waals surface area contributed by atoms with Crippen molar-refractivity contribution in [1.82, 2.24) is 9.88 Å². The molecular weight excluding hydrogens is 346 g/mol. The van der Waals surface area contributed by atoms with Crippen molar-refractivity contribution in [1.29, 1.82) is 0 Å². The number of hydrogen-bond donors (Lipinski definition) is 1. The van der Waals surface area contributed by atoms with E-state index in [9.17, 15) is 13.2 Å². The van der Waals surface area contributed by atoms with E-state index >= 15 is 0 Å². The van der Waals surface area contributed by atoms with Crippen LogP contribution in [-0.4, -0.2) is 54.8 Å². The summed E-state index contributed by atoms with van der Waals surface area (Å²) in [6.07, 6.45) is 0.517. The summed E-state index contributed by atoms with van der Waals surface area (Å²) >= 11 is 1.62. The molecule has 0 radical (unpaired) electrons. The van der Waals surface area contributed by atoms with Gasteiger partial charge in [-0.3, -0.25) is 4.79 Å². The number of carbonyl (C=O) groups is 1. The topological polar surface area (TPSA) is 79.4 Å². The van der Waals surface area contributed by atoms with Gasteiger partial charge in [0.25, 0.3) is 0 Å². The standard InChI is InChI=1S/C16H21N3O3S2/c1-10(16(20)19(3)13-6-7-24(21,22)9-13)17-12-4-5-14-15(8-12)23-11(2)18-14/h4-5,8,10,13,17H,6-7,9H2,1-3H3. The SMILES string of the molecule is Cc1nc2ccc(NC(C)C(=O)N(C)C3CCS(=O)(=O)C3)cc2s1. The van der Waals surface area contributed by atoms with Crippen molar-refractivity contribution >= 4 is 43.0 Å². The largest absolute Gasteiger partial charge is 0.374 e. The zero-order chi connectivity index (χ0) is 17.5. The lowest BCUT2D eigenvalue weighted by molar-refractivity contribution is -0.132. The minimum absolute atomic E-state index is 0.0636. The molecule has 8 heteroatoms. The molecule has 2 unspecified atom stereocenters. The number of hydrogen-bond acceptors (Lipinski definition) is 6. The van der Waals surface area contributed by atoms with Gasteiger partial charge in [-0.15, -0.1) is 11.3 Å². The molecule has 1 N–H and O–H groups in total. The van der Waals surface area contributed by atoms with Crippen LogP contribution >= 0.6 is 11.3 Å². The first-order valence-electron chi connectivity index (χ1n) is 7.86. The molecule has 1 aliphatic rings. The van der Waals surface area contributed by atoms with E-state index in [4.69, 9.17) is 0 Å². The molecule has 1 aromatic carbocycles. The number of amides is 1. The van der Waals surface area contributed by atoms with Crippen molar-refractivity contribution in [3.63, 3.8) is 0 Å². The third-order valence-electron chi connectivity index (χ3n) is 4.35. The fourth-order valence-corrected chi connectivity index (χ4v) is 5.65. The molecule has 24 heavy (non-hydrogen) atoms. The van der Waals surface area contributed by atoms with E-state index in [-0.39, 0.29) is 23.5 Å². The zero-order valence-electron chi connectivity index (χ0n) is 13.9. The fourth-order valence-electron chi connectivity index (χ4n) is 3.01. The second kappa shape index (κ2) is 6.33. The monoisotopic (exact) mass is 367 g/mol. The van der Waals surface area contributed by atoms with E-state index in [1.165, 1.54) is 0 Å². The lowest BCUT2D eigenvalue weighted by Gasteiger charge is -2.27. The number of nitrogens with zero attached hydrogens (tertiary/aromatic N) is 2. The Bertz CT molecular complexity index is 876. The van der Waals surface area contributed by atoms with E-state index in [1.54, 1.807) is 30.2 Å². The maximum Gasteiger partial charge on any atom is 0.244 e. The van der Waals surface area contributed by atoms with Crippen LogP contribution in [0.2, 0.25) is 0 Å². The van der Waals surface area contributed by atoms with Crippen LogP contribution < -0.4 is 5.32 Å². The Morgan fingerprint density at radius 1 is 1.46 bits per heavy atom. The first kappa shape index (κ1) is 17.2. The number of aromatic nitrogens is 1. The van der Waals surface area contributed by atoms with Gasteiger partial charge in [-0.25, -0.2) is 13.4 Å². The van der Waals surface area contributed by atoms with Gasteiger partial charge in [-0.05, 0) is 38.5 Å². The summed E-state index contributed by atoms with van der Waals surface area (Å²) in [5.74, 6) is 0.129. The molecular formula is C16H21N3O3S2. The van der Waals surface area contributed by atoms with Crippen LogP contribution in [0.1, 0.15) is 18.4 Å². The van der Waals surface area contributed by atoms with Gasteiger partial charge < -0.3 is 10.2 Å². The number of aryl methyl sites for hydroxylation is 1. The summed E-state index contributed by atoms with van der Waals surface area (Å²) < 4.78 is 24.3. The van der Waals surface area contributed by atoms with Crippen LogP contribution in [0, 0.1) is 6.92 Å². The average Bonchev–Trinajstić information content (AvgIpc) is 3.06. The highest BCUT2D eigenvalue weighted by molar-refractivity contribution is 7.91. The number of thiazole rings is 1. The van der Waals surface area contributed by atoms with Gasteiger partial charge in [0.15, 0.2) is 9.84 Å². The molecule has 6 nitrogen and oxygen atoms in total. The Balaban J connectivity index is 1.68. The molecule has 0 bridgehead atoms. The molecule has 1 saturated heterocycles. The maximum atomic E-state index is 12.6. The third-order valence-corrected chi connectivity index (χ3v) is 7.04. The highest BCUT2D eigenvalue weighted by Crippen LogP contribution is 2.25. The molecule has 0 spiro atoms. The first-order chi connectivity index (χ1) is 11.2. The zero-order valence-corrected chi connectivity index (χ0v) is 15.6. The quantitative estimate of drug-likeness (QED) is 0.895. The summed E-state index contributed by atoms with van der Waals surface area (Å²) in [4.78, 5) is 18.6. The molecule has 1 aromatic heterocycles. The average molecular weight is 367 g/mol. The number of nitrogens with one attached hydrogen (secondary N) is 1. The van der Waals surface area contributed by atoms with Gasteiger partial charge in [-0.2, -0.15) is 0 Å². The van der Waals surface area contributed by atoms with Crippen LogP contribution in [0.5, 0.6) is 0 Å². The Kier molecular flexibility index (Phi) is 4.52. The fraction of sp³-hybridized carbons (Fsp3) is 0.500. The second-order valence-corrected chi connectivity index (χ2v) is 9.75. The molecule has 2 aromatic rings. The maximum absolute atomic E-state index is 12.6. The lowest BCUT2D eigenvalue weighted by Crippen LogP contribution is -2.45. The van der Waals surface area contributed by atoms with E-state index in [0.29, 0.717) is 6.42 Å². The molecule has 0 saturated carbocycles. The van der Waals surface area contributed by atoms with Crippen LogP contribution in [0.25, 0.3) is 10.2 Å². The summed E-state index contributed by atoms with van der Waals surface area (Å²) in [6, 6.07) is 5.18. The summed E-state index contributed by atoms with van der Waals surface area (Å²) in [6.45, 7) is 3.76. The van der Waals surface area contributed by atoms with Gasteiger partial charge >= 0.3 is 0 Å². The van der Waals surface area contributed by atoms with E-state index < -0.39 is 15.9 Å². The van der Waals surface area contributed by atoms with Gasteiger partial charge in [0.2, 0.25) is 5.91 Å². The van der Waals surface area contributed by atoms with Gasteiger partial charge in [0.1, 0.15) is 6.04 Å². The van der Waals surface area contributed by atoms with Gasteiger partial charge in [0.05, 0.1) is 26.7 Å². The molecule has 2 atom stereocenters. The Labute approximate surface area is 145 Å². The number of anilines is 1. The van der Waals surface area contributed by atoms with E-state index in [0.717, 1.165) is 20.9 Å². The lowest BCUT2D eigenvalue weighted by atomic mass is 10.2. The van der Waals surface area contributed by atoms with Crippen LogP contribution in [0.3, 0.4) is 0 Å². The minimum atomic E-state index is -3.00. The Morgan fingerprint density at radius 2 is 2.21 bits per heavy atom. The molecule has 130 valence electrons. The molecule has 1 amide bonds. The van der Waals surface area contributed by atoms with Crippen molar-refractivity contribution in [3.8, 4) is 0 Å². The number of benzene rings is 1. The second-order valence-electron chi connectivity index (χ2n) is 6.29. The van der Waals surface area contributed by atoms with Crippen molar-refractivity contribution in [2.75, 3.05) is 23.9 Å². The summed E-state index contributed by atoms with van der Waals surface area (Å²) in [5, 5.41) is 4.21. The van der Waals surface area contributed by atoms with Gasteiger partial charge in [-0.1, -0.05) is 0 Å². The number of fused-ring (bicyclic) bond motifs is 1. The highest BCUT2D eigenvalue weighted by Gasteiger charge is 2.34. The summed E-state index contributed by atoms with van der Waals surface area (Å²) in [7, 11) is -1.32. The highest BCUT2D eigenvalue weighted by atomic mass is 32.2. The van der Waals surface area contributed by atoms with Crippen molar-refractivity contribution < 1.29 is 13.2 Å². The van der Waals surface area contributed by atoms with Crippen LogP contribution in [0.4, 0.5) is 5.69 Å². The smallest absolute Gasteiger partial charge is 0.244 e. The molecule has 2 heterocycles. The van der Waals surface area contributed by atoms with Crippen molar-refractivity contribution in [3.05, 3.63) is 23.2 Å². The Hall–Kier alpha value is -1.67. The summed E-state index contributed by atoms with van der Waals surface area (Å²) in [5.41, 5.74) is 1.81. The first-order valence-corrected chi connectivity index (χ1v) is 10.5. The van der Waals surface area contributed by atoms with E-state index in [2.05, 4.69) is 10.3 Å². The van der Waals surface area contributed by atoms with Crippen molar-refractivity contribution in [2.45, 2.75) is 32.4 Å². The van der Waals surface area contributed by atoms with E-state index in [1.807, 2.05) is 25.1 Å². The normalized spacial score (nSPS) is 20.9. The molecule has 1 aliphatic heterocycles. The predicted octanol–water partition coefficient (Wildman–Crippen LogP) is 2.05. The number of rotatable bonds is 4. The third kappa shape index (κ3) is 3.54. The van der Waals surface area contributed by atoms with Gasteiger partial charge in [0, 0.05) is 18.8 Å². The molecule has 0 aliphatic carbocycles. The van der Waals surface area contributed by atoms with Crippen LogP contribution in [-0.2, 0) is 14.6 Å². The number of likely N-dealkylation sites (N-methyl/N-ethyl adjacent to an activating group) is 1. The minimum Gasteiger partial charge on any atom is -0.374 e. The molecule has 3 rings (SSSR count). The number of carbonyl (C=O) groups excluding carboxylic acids is 1. The number of sulfone groups is 1. The Morgan fingerprint density at radius 3 is 2.88 bits per heavy atom. The van der Waals surface area contributed by atoms with Crippen molar-refractivity contribution in [2.24, 2.45) is 0 Å². The van der Waals surface area contributed by atoms with Crippen LogP contribution in [0.15, 0.2) is 18.2 Å². The predicted molar refractivity (Wildman–Crippen MR) is 97.3 cm³/mol.